The highest BCUT2D eigenvalue weighted by atomic mass is 32.2. The van der Waals surface area contributed by atoms with Crippen molar-refractivity contribution in [3.63, 3.8) is 0 Å². The Morgan fingerprint density at radius 1 is 0.722 bits per heavy atom. The fourth-order valence-corrected chi connectivity index (χ4v) is 7.93. The first-order chi connectivity index (χ1) is 17.3. The van der Waals surface area contributed by atoms with Crippen molar-refractivity contribution in [2.45, 2.75) is 46.2 Å². The topological polar surface area (TPSA) is 46.2 Å². The zero-order valence-corrected chi connectivity index (χ0v) is 23.4. The molecule has 4 aromatic rings. The van der Waals surface area contributed by atoms with E-state index in [1.165, 1.54) is 0 Å². The van der Waals surface area contributed by atoms with Gasteiger partial charge in [0, 0.05) is 9.79 Å². The molecule has 0 radical (unpaired) electrons. The van der Waals surface area contributed by atoms with Gasteiger partial charge >= 0.3 is 0 Å². The summed E-state index contributed by atoms with van der Waals surface area (Å²) in [5.41, 5.74) is 3.51. The number of rotatable bonds is 9. The zero-order chi connectivity index (χ0) is 25.7. The smallest absolute Gasteiger partial charge is 0.125 e. The zero-order valence-electron chi connectivity index (χ0n) is 20.9. The van der Waals surface area contributed by atoms with Gasteiger partial charge in [-0.2, -0.15) is 11.8 Å². The van der Waals surface area contributed by atoms with Crippen molar-refractivity contribution in [2.24, 2.45) is 0 Å². The summed E-state index contributed by atoms with van der Waals surface area (Å²) in [5, 5.41) is -0.167. The van der Waals surface area contributed by atoms with E-state index in [0.717, 1.165) is 36.9 Å². The molecule has 0 fully saturated rings. The van der Waals surface area contributed by atoms with Gasteiger partial charge < -0.3 is 0 Å². The minimum atomic E-state index is -1.45. The van der Waals surface area contributed by atoms with E-state index in [2.05, 4.69) is 23.8 Å². The maximum Gasteiger partial charge on any atom is 0.125 e. The van der Waals surface area contributed by atoms with Gasteiger partial charge in [0.2, 0.25) is 0 Å². The highest BCUT2D eigenvalue weighted by Crippen LogP contribution is 2.46. The average Bonchev–Trinajstić information content (AvgIpc) is 2.90. The van der Waals surface area contributed by atoms with Crippen molar-refractivity contribution in [1.82, 2.24) is 4.72 Å². The predicted molar refractivity (Wildman–Crippen MR) is 153 cm³/mol. The standard InChI is InChI=1S/C30H31NO2S3/c1-22-14-18-25(19-15-22)35(32)28-13-9-8-12-27(28)29(34-4)30(3,24-10-6-5-7-11-24)31-36(33)26-20-16-23(2)17-21-26/h5-21,29,31H,1-4H3/t29-,30+,35-,36-/m0/s1. The number of thioether (sulfide) groups is 1. The Bertz CT molecular complexity index is 1360. The second-order valence-corrected chi connectivity index (χ2v) is 12.6. The highest BCUT2D eigenvalue weighted by molar-refractivity contribution is 7.99. The van der Waals surface area contributed by atoms with E-state index >= 15 is 0 Å². The van der Waals surface area contributed by atoms with Crippen LogP contribution in [0, 0.1) is 13.8 Å². The normalized spacial score (nSPS) is 15.6. The number of nitrogens with one attached hydrogen (secondary N) is 1. The van der Waals surface area contributed by atoms with Crippen molar-refractivity contribution >= 4 is 33.5 Å². The van der Waals surface area contributed by atoms with Gasteiger partial charge in [0.05, 0.1) is 26.5 Å². The summed E-state index contributed by atoms with van der Waals surface area (Å²) in [4.78, 5) is 2.26. The molecule has 0 saturated heterocycles. The summed E-state index contributed by atoms with van der Waals surface area (Å²) in [6.45, 7) is 6.12. The third-order valence-corrected chi connectivity index (χ3v) is 10.3. The number of benzene rings is 4. The number of hydrogen-bond acceptors (Lipinski definition) is 3. The predicted octanol–water partition coefficient (Wildman–Crippen LogP) is 7.10. The lowest BCUT2D eigenvalue weighted by Crippen LogP contribution is -2.45. The van der Waals surface area contributed by atoms with Crippen LogP contribution in [-0.4, -0.2) is 14.7 Å². The Kier molecular flexibility index (Phi) is 8.62. The van der Waals surface area contributed by atoms with Crippen LogP contribution in [0.15, 0.2) is 118 Å². The molecule has 1 N–H and O–H groups in total. The molecule has 36 heavy (non-hydrogen) atoms. The molecule has 0 unspecified atom stereocenters. The largest absolute Gasteiger partial charge is 0.249 e. The van der Waals surface area contributed by atoms with Crippen LogP contribution >= 0.6 is 11.8 Å². The molecule has 3 nitrogen and oxygen atoms in total. The van der Waals surface area contributed by atoms with Crippen LogP contribution < -0.4 is 4.72 Å². The second-order valence-electron chi connectivity index (χ2n) is 8.99. The maximum absolute atomic E-state index is 13.8. The van der Waals surface area contributed by atoms with E-state index in [-0.39, 0.29) is 5.25 Å². The second kappa shape index (κ2) is 11.7. The quantitative estimate of drug-likeness (QED) is 0.250. The minimum Gasteiger partial charge on any atom is -0.249 e. The average molecular weight is 534 g/mol. The van der Waals surface area contributed by atoms with Gasteiger partial charge in [0.25, 0.3) is 0 Å². The highest BCUT2D eigenvalue weighted by Gasteiger charge is 2.40. The molecule has 6 heteroatoms. The van der Waals surface area contributed by atoms with Crippen molar-refractivity contribution in [3.8, 4) is 0 Å². The van der Waals surface area contributed by atoms with Crippen molar-refractivity contribution in [2.75, 3.05) is 6.26 Å². The third-order valence-electron chi connectivity index (χ3n) is 6.31. The van der Waals surface area contributed by atoms with Crippen LogP contribution in [0.4, 0.5) is 0 Å². The van der Waals surface area contributed by atoms with Gasteiger partial charge in [0.1, 0.15) is 11.0 Å². The monoisotopic (exact) mass is 533 g/mol. The Balaban J connectivity index is 1.80. The molecule has 4 rings (SSSR count). The molecular formula is C30H31NO2S3. The van der Waals surface area contributed by atoms with Crippen molar-refractivity contribution in [3.05, 3.63) is 125 Å². The lowest BCUT2D eigenvalue weighted by molar-refractivity contribution is 0.431. The maximum atomic E-state index is 13.8. The SMILES string of the molecule is CS[C@@H](c1ccccc1[S@@](=O)c1ccc(C)cc1)[C@](C)(N[S@@](=O)c1ccc(C)cc1)c1ccccc1. The van der Waals surface area contributed by atoms with Gasteiger partial charge in [-0.25, -0.2) is 13.1 Å². The molecule has 0 amide bonds. The molecule has 0 aromatic heterocycles. The van der Waals surface area contributed by atoms with Gasteiger partial charge in [-0.05, 0) is 68.5 Å². The van der Waals surface area contributed by atoms with Crippen LogP contribution in [0.1, 0.15) is 34.4 Å². The van der Waals surface area contributed by atoms with E-state index in [4.69, 9.17) is 0 Å². The molecule has 0 aliphatic heterocycles. The summed E-state index contributed by atoms with van der Waals surface area (Å²) < 4.78 is 30.8. The first-order valence-corrected chi connectivity index (χ1v) is 15.3. The molecule has 0 aliphatic carbocycles. The molecule has 0 saturated carbocycles. The molecule has 4 atom stereocenters. The molecule has 0 bridgehead atoms. The van der Waals surface area contributed by atoms with E-state index in [1.807, 2.05) is 111 Å². The molecule has 186 valence electrons. The first-order valence-electron chi connectivity index (χ1n) is 11.8. The van der Waals surface area contributed by atoms with E-state index in [1.54, 1.807) is 11.8 Å². The molecule has 0 heterocycles. The first kappa shape index (κ1) is 26.6. The fourth-order valence-electron chi connectivity index (χ4n) is 4.29. The molecule has 0 spiro atoms. The molecule has 0 aliphatic rings. The Morgan fingerprint density at radius 3 is 1.83 bits per heavy atom. The summed E-state index contributed by atoms with van der Waals surface area (Å²) in [6.07, 6.45) is 2.05. The lowest BCUT2D eigenvalue weighted by atomic mass is 9.86. The van der Waals surface area contributed by atoms with Crippen LogP contribution in [0.25, 0.3) is 0 Å². The van der Waals surface area contributed by atoms with E-state index in [0.29, 0.717) is 0 Å². The van der Waals surface area contributed by atoms with Gasteiger partial charge in [-0.3, -0.25) is 0 Å². The summed E-state index contributed by atoms with van der Waals surface area (Å²) in [7, 11) is -2.80. The lowest BCUT2D eigenvalue weighted by Gasteiger charge is -2.39. The summed E-state index contributed by atoms with van der Waals surface area (Å²) in [5.74, 6) is 0. The number of aryl methyl sites for hydroxylation is 2. The summed E-state index contributed by atoms with van der Waals surface area (Å²) >= 11 is 1.66. The third kappa shape index (κ3) is 5.73. The van der Waals surface area contributed by atoms with Crippen LogP contribution in [0.2, 0.25) is 0 Å². The van der Waals surface area contributed by atoms with Crippen LogP contribution in [0.5, 0.6) is 0 Å². The van der Waals surface area contributed by atoms with Crippen LogP contribution in [-0.2, 0) is 27.3 Å². The Hall–Kier alpha value is -2.51. The molecule has 4 aromatic carbocycles. The Labute approximate surface area is 223 Å². The van der Waals surface area contributed by atoms with Gasteiger partial charge in [-0.15, -0.1) is 0 Å². The summed E-state index contributed by atoms with van der Waals surface area (Å²) in [6, 6.07) is 33.6. The van der Waals surface area contributed by atoms with Crippen molar-refractivity contribution in [1.29, 1.82) is 0 Å². The van der Waals surface area contributed by atoms with Crippen LogP contribution in [0.3, 0.4) is 0 Å². The minimum absolute atomic E-state index is 0.167. The van der Waals surface area contributed by atoms with Crippen molar-refractivity contribution < 1.29 is 8.42 Å². The van der Waals surface area contributed by atoms with Gasteiger partial charge in [-0.1, -0.05) is 83.9 Å². The number of hydrogen-bond donors (Lipinski definition) is 1. The fraction of sp³-hybridized carbons (Fsp3) is 0.200. The van der Waals surface area contributed by atoms with Gasteiger partial charge in [0.15, 0.2) is 0 Å². The Morgan fingerprint density at radius 2 is 1.25 bits per heavy atom. The van der Waals surface area contributed by atoms with E-state index < -0.39 is 27.3 Å². The molecular weight excluding hydrogens is 503 g/mol. The van der Waals surface area contributed by atoms with E-state index in [9.17, 15) is 8.42 Å².